The first-order chi connectivity index (χ1) is 7.77. The summed E-state index contributed by atoms with van der Waals surface area (Å²) >= 11 is 0. The molecule has 5 heteroatoms. The molecule has 1 aromatic rings. The second-order valence-electron chi connectivity index (χ2n) is 3.23. The SMILES string of the molecule is COC(=O)Cc1ccccc1CCN=[N+]=[N-]. The lowest BCUT2D eigenvalue weighted by Crippen LogP contribution is -2.07. The molecule has 0 N–H and O–H groups in total. The topological polar surface area (TPSA) is 75.1 Å². The van der Waals surface area contributed by atoms with Gasteiger partial charge in [0.05, 0.1) is 13.5 Å². The van der Waals surface area contributed by atoms with Gasteiger partial charge >= 0.3 is 5.97 Å². The molecule has 0 aliphatic heterocycles. The van der Waals surface area contributed by atoms with E-state index < -0.39 is 0 Å². The number of rotatable bonds is 5. The molecule has 84 valence electrons. The Morgan fingerprint density at radius 1 is 1.44 bits per heavy atom. The average molecular weight is 219 g/mol. The van der Waals surface area contributed by atoms with Gasteiger partial charge in [-0.3, -0.25) is 4.79 Å². The lowest BCUT2D eigenvalue weighted by Gasteiger charge is -2.06. The van der Waals surface area contributed by atoms with Gasteiger partial charge in [0, 0.05) is 11.5 Å². The van der Waals surface area contributed by atoms with E-state index in [0.29, 0.717) is 13.0 Å². The minimum atomic E-state index is -0.267. The summed E-state index contributed by atoms with van der Waals surface area (Å²) in [4.78, 5) is 13.9. The Kier molecular flexibility index (Phi) is 4.89. The average Bonchev–Trinajstić information content (AvgIpc) is 2.31. The van der Waals surface area contributed by atoms with E-state index in [9.17, 15) is 4.79 Å². The zero-order valence-electron chi connectivity index (χ0n) is 9.09. The third kappa shape index (κ3) is 3.63. The molecule has 0 amide bonds. The van der Waals surface area contributed by atoms with Crippen molar-refractivity contribution in [3.05, 3.63) is 45.8 Å². The molecule has 0 heterocycles. The fourth-order valence-corrected chi connectivity index (χ4v) is 1.42. The van der Waals surface area contributed by atoms with E-state index in [1.807, 2.05) is 24.3 Å². The molecule has 0 aromatic heterocycles. The van der Waals surface area contributed by atoms with E-state index in [0.717, 1.165) is 11.1 Å². The van der Waals surface area contributed by atoms with Crippen molar-refractivity contribution in [3.8, 4) is 0 Å². The van der Waals surface area contributed by atoms with E-state index in [1.54, 1.807) is 0 Å². The third-order valence-corrected chi connectivity index (χ3v) is 2.23. The second kappa shape index (κ2) is 6.48. The molecule has 0 saturated heterocycles. The molecule has 0 spiro atoms. The highest BCUT2D eigenvalue weighted by molar-refractivity contribution is 5.72. The molecule has 1 rings (SSSR count). The molecular formula is C11H13N3O2. The van der Waals surface area contributed by atoms with Crippen LogP contribution in [-0.2, 0) is 22.4 Å². The van der Waals surface area contributed by atoms with Gasteiger partial charge in [-0.2, -0.15) is 0 Å². The summed E-state index contributed by atoms with van der Waals surface area (Å²) in [5.41, 5.74) is 10.1. The fraction of sp³-hybridized carbons (Fsp3) is 0.364. The van der Waals surface area contributed by atoms with Gasteiger partial charge in [-0.1, -0.05) is 29.4 Å². The maximum atomic E-state index is 11.2. The first-order valence-electron chi connectivity index (χ1n) is 4.92. The van der Waals surface area contributed by atoms with Gasteiger partial charge in [-0.25, -0.2) is 0 Å². The van der Waals surface area contributed by atoms with E-state index in [2.05, 4.69) is 14.8 Å². The molecular weight excluding hydrogens is 206 g/mol. The summed E-state index contributed by atoms with van der Waals surface area (Å²) < 4.78 is 4.61. The van der Waals surface area contributed by atoms with Crippen LogP contribution in [0.25, 0.3) is 10.4 Å². The van der Waals surface area contributed by atoms with Crippen LogP contribution in [0.5, 0.6) is 0 Å². The highest BCUT2D eigenvalue weighted by Crippen LogP contribution is 2.11. The molecule has 0 radical (unpaired) electrons. The van der Waals surface area contributed by atoms with Crippen molar-refractivity contribution in [2.75, 3.05) is 13.7 Å². The summed E-state index contributed by atoms with van der Waals surface area (Å²) in [5, 5.41) is 3.47. The Bertz CT molecular complexity index is 411. The van der Waals surface area contributed by atoms with Crippen LogP contribution in [0.3, 0.4) is 0 Å². The van der Waals surface area contributed by atoms with Crippen molar-refractivity contribution in [2.24, 2.45) is 5.11 Å². The van der Waals surface area contributed by atoms with Crippen LogP contribution in [0.2, 0.25) is 0 Å². The first-order valence-corrected chi connectivity index (χ1v) is 4.92. The minimum absolute atomic E-state index is 0.253. The monoisotopic (exact) mass is 219 g/mol. The number of azide groups is 1. The Labute approximate surface area is 93.7 Å². The number of benzene rings is 1. The van der Waals surface area contributed by atoms with Crippen LogP contribution in [0.15, 0.2) is 29.4 Å². The zero-order valence-corrected chi connectivity index (χ0v) is 9.09. The summed E-state index contributed by atoms with van der Waals surface area (Å²) in [6, 6.07) is 7.56. The number of esters is 1. The highest BCUT2D eigenvalue weighted by atomic mass is 16.5. The number of hydrogen-bond donors (Lipinski definition) is 0. The van der Waals surface area contributed by atoms with E-state index >= 15 is 0 Å². The number of ether oxygens (including phenoxy) is 1. The molecule has 0 aliphatic rings. The number of nitrogens with zero attached hydrogens (tertiary/aromatic N) is 3. The quantitative estimate of drug-likeness (QED) is 0.329. The fourth-order valence-electron chi connectivity index (χ4n) is 1.42. The van der Waals surface area contributed by atoms with Gasteiger partial charge in [-0.05, 0) is 23.1 Å². The molecule has 0 fully saturated rings. The van der Waals surface area contributed by atoms with Crippen LogP contribution in [0.1, 0.15) is 11.1 Å². The first kappa shape index (κ1) is 12.1. The van der Waals surface area contributed by atoms with Crippen molar-refractivity contribution in [2.45, 2.75) is 12.8 Å². The molecule has 0 bridgehead atoms. The Balaban J connectivity index is 2.74. The van der Waals surface area contributed by atoms with Crippen molar-refractivity contribution in [1.82, 2.24) is 0 Å². The van der Waals surface area contributed by atoms with Gasteiger partial charge in [0.1, 0.15) is 0 Å². The standard InChI is InChI=1S/C11H13N3O2/c1-16-11(15)8-10-5-3-2-4-9(10)6-7-13-14-12/h2-5H,6-8H2,1H3. The van der Waals surface area contributed by atoms with E-state index in [4.69, 9.17) is 5.53 Å². The number of methoxy groups -OCH3 is 1. The maximum absolute atomic E-state index is 11.2. The van der Waals surface area contributed by atoms with Crippen LogP contribution in [0.4, 0.5) is 0 Å². The van der Waals surface area contributed by atoms with Crippen LogP contribution in [0, 0.1) is 0 Å². The molecule has 0 atom stereocenters. The zero-order chi connectivity index (χ0) is 11.8. The van der Waals surface area contributed by atoms with Gasteiger partial charge in [0.2, 0.25) is 0 Å². The number of carbonyl (C=O) groups is 1. The second-order valence-corrected chi connectivity index (χ2v) is 3.23. The number of hydrogen-bond acceptors (Lipinski definition) is 3. The van der Waals surface area contributed by atoms with E-state index in [-0.39, 0.29) is 12.4 Å². The Morgan fingerprint density at radius 3 is 2.75 bits per heavy atom. The Morgan fingerprint density at radius 2 is 2.12 bits per heavy atom. The predicted molar refractivity (Wildman–Crippen MR) is 59.9 cm³/mol. The van der Waals surface area contributed by atoms with Crippen molar-refractivity contribution in [1.29, 1.82) is 0 Å². The molecule has 5 nitrogen and oxygen atoms in total. The van der Waals surface area contributed by atoms with E-state index in [1.165, 1.54) is 7.11 Å². The van der Waals surface area contributed by atoms with Gasteiger partial charge in [-0.15, -0.1) is 0 Å². The summed E-state index contributed by atoms with van der Waals surface area (Å²) in [7, 11) is 1.37. The van der Waals surface area contributed by atoms with Crippen LogP contribution < -0.4 is 0 Å². The molecule has 0 unspecified atom stereocenters. The lowest BCUT2D eigenvalue weighted by molar-refractivity contribution is -0.139. The van der Waals surface area contributed by atoms with Crippen molar-refractivity contribution >= 4 is 5.97 Å². The largest absolute Gasteiger partial charge is 0.469 e. The molecule has 0 aliphatic carbocycles. The molecule has 16 heavy (non-hydrogen) atoms. The normalized spacial score (nSPS) is 9.31. The van der Waals surface area contributed by atoms with Crippen LogP contribution in [-0.4, -0.2) is 19.6 Å². The van der Waals surface area contributed by atoms with Crippen LogP contribution >= 0.6 is 0 Å². The van der Waals surface area contributed by atoms with Gasteiger partial charge < -0.3 is 4.74 Å². The maximum Gasteiger partial charge on any atom is 0.309 e. The summed E-state index contributed by atoms with van der Waals surface area (Å²) in [5.74, 6) is -0.267. The number of carbonyl (C=O) groups excluding carboxylic acids is 1. The van der Waals surface area contributed by atoms with Gasteiger partial charge in [0.15, 0.2) is 0 Å². The summed E-state index contributed by atoms with van der Waals surface area (Å²) in [6.07, 6.45) is 0.889. The molecule has 0 saturated carbocycles. The molecule has 1 aromatic carbocycles. The highest BCUT2D eigenvalue weighted by Gasteiger charge is 2.06. The smallest absolute Gasteiger partial charge is 0.309 e. The third-order valence-electron chi connectivity index (χ3n) is 2.23. The summed E-state index contributed by atoms with van der Waals surface area (Å²) in [6.45, 7) is 0.398. The predicted octanol–water partition coefficient (Wildman–Crippen LogP) is 2.25. The van der Waals surface area contributed by atoms with Gasteiger partial charge in [0.25, 0.3) is 0 Å². The van der Waals surface area contributed by atoms with Crippen molar-refractivity contribution < 1.29 is 9.53 Å². The van der Waals surface area contributed by atoms with Crippen molar-refractivity contribution in [3.63, 3.8) is 0 Å². The Hall–Kier alpha value is -2.00. The minimum Gasteiger partial charge on any atom is -0.469 e. The lowest BCUT2D eigenvalue weighted by atomic mass is 10.0.